The van der Waals surface area contributed by atoms with E-state index in [1.54, 1.807) is 0 Å². The zero-order chi connectivity index (χ0) is 22.3. The van der Waals surface area contributed by atoms with Gasteiger partial charge in [-0.25, -0.2) is 0 Å². The molecule has 6 heteroatoms. The normalized spacial score (nSPS) is 16.4. The Bertz CT molecular complexity index is 478. The number of carboxylic acids is 1. The maximum atomic E-state index is 13.0. The molecule has 0 aromatic carbocycles. The van der Waals surface area contributed by atoms with Crippen molar-refractivity contribution in [3.63, 3.8) is 0 Å². The average Bonchev–Trinajstić information content (AvgIpc) is 2.73. The summed E-state index contributed by atoms with van der Waals surface area (Å²) in [4.78, 5) is 25.0. The van der Waals surface area contributed by atoms with Gasteiger partial charge in [0, 0.05) is 6.42 Å². The van der Waals surface area contributed by atoms with Crippen LogP contribution in [0.5, 0.6) is 0 Å². The summed E-state index contributed by atoms with van der Waals surface area (Å²) < 4.78 is 17.3. The first-order chi connectivity index (χ1) is 14.5. The summed E-state index contributed by atoms with van der Waals surface area (Å²) in [6.07, 6.45) is 14.0. The van der Waals surface area contributed by atoms with Crippen LogP contribution in [0.2, 0.25) is 0 Å². The Morgan fingerprint density at radius 3 is 1.77 bits per heavy atom. The van der Waals surface area contributed by atoms with Gasteiger partial charge in [0.15, 0.2) is 5.41 Å². The number of unbranched alkanes of at least 4 members (excludes halogenated alkanes) is 8. The molecule has 1 saturated carbocycles. The highest BCUT2D eigenvalue weighted by Crippen LogP contribution is 2.40. The van der Waals surface area contributed by atoms with Gasteiger partial charge in [-0.1, -0.05) is 77.6 Å². The van der Waals surface area contributed by atoms with Gasteiger partial charge in [0.2, 0.25) is 0 Å². The average molecular weight is 429 g/mol. The second-order valence-corrected chi connectivity index (χ2v) is 8.46. The summed E-state index contributed by atoms with van der Waals surface area (Å²) in [6, 6.07) is 0. The molecule has 176 valence electrons. The molecule has 0 bridgehead atoms. The Labute approximate surface area is 183 Å². The molecule has 0 aliphatic heterocycles. The lowest BCUT2D eigenvalue weighted by Crippen LogP contribution is -2.49. The van der Waals surface area contributed by atoms with Gasteiger partial charge in [-0.2, -0.15) is 0 Å². The lowest BCUT2D eigenvalue weighted by Gasteiger charge is -2.37. The standard InChI is InChI=1S/C24H44O6/c1-4-7-8-9-10-11-12-13-17-20-24(28-5-2,29-6-3)30-22(27)23(21(25)26)18-15-14-16-19-23/h4-20H2,1-3H3,(H,25,26). The topological polar surface area (TPSA) is 82.1 Å². The van der Waals surface area contributed by atoms with Crippen LogP contribution in [0.4, 0.5) is 0 Å². The molecular formula is C24H44O6. The quantitative estimate of drug-likeness (QED) is 0.128. The van der Waals surface area contributed by atoms with Crippen molar-refractivity contribution >= 4 is 11.9 Å². The summed E-state index contributed by atoms with van der Waals surface area (Å²) in [5.41, 5.74) is -1.48. The van der Waals surface area contributed by atoms with Crippen LogP contribution in [0.3, 0.4) is 0 Å². The largest absolute Gasteiger partial charge is 0.480 e. The van der Waals surface area contributed by atoms with Crippen molar-refractivity contribution in [2.45, 2.75) is 123 Å². The third-order valence-electron chi connectivity index (χ3n) is 6.07. The predicted molar refractivity (Wildman–Crippen MR) is 117 cm³/mol. The van der Waals surface area contributed by atoms with Crippen LogP contribution < -0.4 is 0 Å². The molecule has 0 atom stereocenters. The molecule has 0 spiro atoms. The van der Waals surface area contributed by atoms with Gasteiger partial charge in [-0.3, -0.25) is 9.59 Å². The Kier molecular flexibility index (Phi) is 13.3. The van der Waals surface area contributed by atoms with E-state index in [1.165, 1.54) is 38.5 Å². The lowest BCUT2D eigenvalue weighted by atomic mass is 9.74. The van der Waals surface area contributed by atoms with Gasteiger partial charge < -0.3 is 19.3 Å². The molecule has 0 radical (unpaired) electrons. The van der Waals surface area contributed by atoms with Crippen molar-refractivity contribution in [1.82, 2.24) is 0 Å². The van der Waals surface area contributed by atoms with Crippen molar-refractivity contribution in [1.29, 1.82) is 0 Å². The molecule has 1 aliphatic carbocycles. The van der Waals surface area contributed by atoms with Gasteiger partial charge in [-0.15, -0.1) is 0 Å². The molecule has 30 heavy (non-hydrogen) atoms. The number of hydrogen-bond acceptors (Lipinski definition) is 5. The van der Waals surface area contributed by atoms with Crippen LogP contribution >= 0.6 is 0 Å². The minimum absolute atomic E-state index is 0.313. The van der Waals surface area contributed by atoms with Crippen molar-refractivity contribution in [2.75, 3.05) is 13.2 Å². The maximum absolute atomic E-state index is 13.0. The molecule has 0 saturated heterocycles. The van der Waals surface area contributed by atoms with Gasteiger partial charge >= 0.3 is 17.9 Å². The molecule has 1 fully saturated rings. The molecule has 0 amide bonds. The summed E-state index contributed by atoms with van der Waals surface area (Å²) in [6.45, 7) is 6.52. The van der Waals surface area contributed by atoms with Crippen LogP contribution in [0.25, 0.3) is 0 Å². The summed E-state index contributed by atoms with van der Waals surface area (Å²) in [7, 11) is 0. The second kappa shape index (κ2) is 14.8. The highest BCUT2D eigenvalue weighted by molar-refractivity contribution is 5.99. The van der Waals surface area contributed by atoms with E-state index in [-0.39, 0.29) is 0 Å². The zero-order valence-corrected chi connectivity index (χ0v) is 19.5. The molecule has 6 nitrogen and oxygen atoms in total. The number of carbonyl (C=O) groups is 2. The van der Waals surface area contributed by atoms with Crippen LogP contribution in [-0.4, -0.2) is 36.2 Å². The fourth-order valence-electron chi connectivity index (χ4n) is 4.29. The smallest absolute Gasteiger partial charge is 0.329 e. The summed E-state index contributed by atoms with van der Waals surface area (Å²) >= 11 is 0. The fraction of sp³-hybridized carbons (Fsp3) is 0.917. The Balaban J connectivity index is 2.63. The number of hydrogen-bond donors (Lipinski definition) is 1. The van der Waals surface area contributed by atoms with Crippen LogP contribution in [0.1, 0.15) is 117 Å². The van der Waals surface area contributed by atoms with Gasteiger partial charge in [0.25, 0.3) is 0 Å². The van der Waals surface area contributed by atoms with E-state index in [1.807, 2.05) is 13.8 Å². The minimum atomic E-state index is -1.48. The molecule has 0 heterocycles. The molecule has 1 N–H and O–H groups in total. The van der Waals surface area contributed by atoms with Crippen LogP contribution in [-0.2, 0) is 23.8 Å². The van der Waals surface area contributed by atoms with E-state index in [0.717, 1.165) is 38.5 Å². The number of carbonyl (C=O) groups excluding carboxylic acids is 1. The van der Waals surface area contributed by atoms with Gasteiger partial charge in [0.05, 0.1) is 13.2 Å². The van der Waals surface area contributed by atoms with Crippen molar-refractivity contribution < 1.29 is 28.9 Å². The van der Waals surface area contributed by atoms with E-state index in [2.05, 4.69) is 6.92 Å². The zero-order valence-electron chi connectivity index (χ0n) is 19.5. The third-order valence-corrected chi connectivity index (χ3v) is 6.07. The van der Waals surface area contributed by atoms with Crippen LogP contribution in [0.15, 0.2) is 0 Å². The highest BCUT2D eigenvalue weighted by atomic mass is 16.9. The van der Waals surface area contributed by atoms with E-state index >= 15 is 0 Å². The lowest BCUT2D eigenvalue weighted by molar-refractivity contribution is -0.366. The fourth-order valence-corrected chi connectivity index (χ4v) is 4.29. The number of esters is 1. The number of rotatable bonds is 17. The Morgan fingerprint density at radius 2 is 1.30 bits per heavy atom. The number of aliphatic carboxylic acids is 1. The molecule has 1 rings (SSSR count). The summed E-state index contributed by atoms with van der Waals surface area (Å²) in [5.74, 6) is -3.30. The van der Waals surface area contributed by atoms with Crippen LogP contribution in [0, 0.1) is 5.41 Å². The van der Waals surface area contributed by atoms with E-state index in [0.29, 0.717) is 32.5 Å². The Hall–Kier alpha value is -1.14. The molecule has 0 aromatic heterocycles. The first kappa shape index (κ1) is 26.9. The van der Waals surface area contributed by atoms with Crippen molar-refractivity contribution in [3.05, 3.63) is 0 Å². The van der Waals surface area contributed by atoms with Crippen molar-refractivity contribution in [3.8, 4) is 0 Å². The number of carboxylic acid groups (broad SMARTS) is 1. The monoisotopic (exact) mass is 428 g/mol. The van der Waals surface area contributed by atoms with E-state index in [4.69, 9.17) is 14.2 Å². The first-order valence-electron chi connectivity index (χ1n) is 12.2. The van der Waals surface area contributed by atoms with E-state index in [9.17, 15) is 14.7 Å². The SMILES string of the molecule is CCCCCCCCCCCC(OCC)(OCC)OC(=O)C1(C(=O)O)CCCCC1. The van der Waals surface area contributed by atoms with Crippen molar-refractivity contribution in [2.24, 2.45) is 5.41 Å². The second-order valence-electron chi connectivity index (χ2n) is 8.46. The predicted octanol–water partition coefficient (Wildman–Crippen LogP) is 6.21. The van der Waals surface area contributed by atoms with Gasteiger partial charge in [-0.05, 0) is 33.1 Å². The maximum Gasteiger partial charge on any atom is 0.329 e. The number of ether oxygens (including phenoxy) is 3. The molecular weight excluding hydrogens is 384 g/mol. The van der Waals surface area contributed by atoms with Gasteiger partial charge in [0.1, 0.15) is 0 Å². The van der Waals surface area contributed by atoms with E-state index < -0.39 is 23.3 Å². The Morgan fingerprint density at radius 1 is 0.800 bits per heavy atom. The third kappa shape index (κ3) is 8.54. The molecule has 0 aromatic rings. The first-order valence-corrected chi connectivity index (χ1v) is 12.2. The highest BCUT2D eigenvalue weighted by Gasteiger charge is 2.51. The molecule has 0 unspecified atom stereocenters. The minimum Gasteiger partial charge on any atom is -0.480 e. The summed E-state index contributed by atoms with van der Waals surface area (Å²) in [5, 5.41) is 9.78. The molecule has 1 aliphatic rings.